The minimum Gasteiger partial charge on any atom is -0.410 e. The SMILES string of the molecule is Cc1cccc(OC(=O)N2CC(N)C2)c1. The second-order valence-corrected chi connectivity index (χ2v) is 3.85. The van der Waals surface area contributed by atoms with Crippen LogP contribution in [0.3, 0.4) is 0 Å². The highest BCUT2D eigenvalue weighted by atomic mass is 16.6. The molecular weight excluding hydrogens is 192 g/mol. The number of amides is 1. The number of benzene rings is 1. The van der Waals surface area contributed by atoms with Crippen molar-refractivity contribution in [3.8, 4) is 5.75 Å². The molecule has 0 spiro atoms. The summed E-state index contributed by atoms with van der Waals surface area (Å²) in [5.41, 5.74) is 6.64. The Labute approximate surface area is 88.6 Å². The maximum absolute atomic E-state index is 11.5. The van der Waals surface area contributed by atoms with Crippen molar-refractivity contribution < 1.29 is 9.53 Å². The largest absolute Gasteiger partial charge is 0.415 e. The van der Waals surface area contributed by atoms with Crippen LogP contribution in [0.4, 0.5) is 4.79 Å². The van der Waals surface area contributed by atoms with E-state index in [0.29, 0.717) is 18.8 Å². The molecule has 0 unspecified atom stereocenters. The molecule has 1 fully saturated rings. The first-order valence-electron chi connectivity index (χ1n) is 4.94. The second kappa shape index (κ2) is 3.90. The average molecular weight is 206 g/mol. The van der Waals surface area contributed by atoms with Gasteiger partial charge in [-0.05, 0) is 24.6 Å². The van der Waals surface area contributed by atoms with E-state index in [1.54, 1.807) is 11.0 Å². The van der Waals surface area contributed by atoms with Crippen molar-refractivity contribution >= 4 is 6.09 Å². The van der Waals surface area contributed by atoms with Gasteiger partial charge in [0, 0.05) is 19.1 Å². The molecule has 1 saturated heterocycles. The fourth-order valence-electron chi connectivity index (χ4n) is 1.51. The summed E-state index contributed by atoms with van der Waals surface area (Å²) < 4.78 is 5.18. The Hall–Kier alpha value is -1.55. The lowest BCUT2D eigenvalue weighted by atomic mass is 10.1. The molecule has 15 heavy (non-hydrogen) atoms. The summed E-state index contributed by atoms with van der Waals surface area (Å²) in [7, 11) is 0. The van der Waals surface area contributed by atoms with E-state index in [2.05, 4.69) is 0 Å². The first-order valence-corrected chi connectivity index (χ1v) is 4.94. The molecule has 0 aliphatic carbocycles. The fourth-order valence-corrected chi connectivity index (χ4v) is 1.51. The van der Waals surface area contributed by atoms with Crippen molar-refractivity contribution in [2.45, 2.75) is 13.0 Å². The third kappa shape index (κ3) is 2.27. The number of likely N-dealkylation sites (tertiary alicyclic amines) is 1. The Morgan fingerprint density at radius 1 is 1.53 bits per heavy atom. The van der Waals surface area contributed by atoms with Crippen molar-refractivity contribution in [3.63, 3.8) is 0 Å². The summed E-state index contributed by atoms with van der Waals surface area (Å²) in [5.74, 6) is 0.584. The van der Waals surface area contributed by atoms with Gasteiger partial charge >= 0.3 is 6.09 Å². The molecule has 1 aromatic carbocycles. The molecule has 2 N–H and O–H groups in total. The zero-order valence-electron chi connectivity index (χ0n) is 8.64. The van der Waals surface area contributed by atoms with Gasteiger partial charge in [-0.15, -0.1) is 0 Å². The topological polar surface area (TPSA) is 55.6 Å². The highest BCUT2D eigenvalue weighted by Gasteiger charge is 2.28. The molecule has 0 atom stereocenters. The number of carbonyl (C=O) groups is 1. The molecular formula is C11H14N2O2. The molecule has 4 nitrogen and oxygen atoms in total. The smallest absolute Gasteiger partial charge is 0.410 e. The van der Waals surface area contributed by atoms with Crippen LogP contribution in [-0.4, -0.2) is 30.1 Å². The highest BCUT2D eigenvalue weighted by molar-refractivity contribution is 5.71. The zero-order valence-corrected chi connectivity index (χ0v) is 8.64. The average Bonchev–Trinajstić information content (AvgIpc) is 2.13. The molecule has 0 aromatic heterocycles. The lowest BCUT2D eigenvalue weighted by Gasteiger charge is -2.35. The third-order valence-electron chi connectivity index (χ3n) is 2.36. The summed E-state index contributed by atoms with van der Waals surface area (Å²) in [4.78, 5) is 13.1. The Morgan fingerprint density at radius 3 is 2.87 bits per heavy atom. The molecule has 1 amide bonds. The van der Waals surface area contributed by atoms with E-state index in [9.17, 15) is 4.79 Å². The molecule has 0 saturated carbocycles. The lowest BCUT2D eigenvalue weighted by molar-refractivity contribution is 0.113. The van der Waals surface area contributed by atoms with Crippen LogP contribution in [0.25, 0.3) is 0 Å². The number of nitrogens with zero attached hydrogens (tertiary/aromatic N) is 1. The highest BCUT2D eigenvalue weighted by Crippen LogP contribution is 2.15. The van der Waals surface area contributed by atoms with Crippen LogP contribution in [0.5, 0.6) is 5.75 Å². The van der Waals surface area contributed by atoms with Crippen LogP contribution in [0, 0.1) is 6.92 Å². The van der Waals surface area contributed by atoms with Gasteiger partial charge in [0.25, 0.3) is 0 Å². The number of ether oxygens (including phenoxy) is 1. The van der Waals surface area contributed by atoms with Crippen LogP contribution in [-0.2, 0) is 0 Å². The van der Waals surface area contributed by atoms with E-state index in [0.717, 1.165) is 5.56 Å². The zero-order chi connectivity index (χ0) is 10.8. The molecule has 1 aliphatic rings. The van der Waals surface area contributed by atoms with Crippen LogP contribution in [0.1, 0.15) is 5.56 Å². The Kier molecular flexibility index (Phi) is 2.60. The van der Waals surface area contributed by atoms with E-state index < -0.39 is 0 Å². The first-order chi connectivity index (χ1) is 7.15. The molecule has 1 heterocycles. The fraction of sp³-hybridized carbons (Fsp3) is 0.364. The van der Waals surface area contributed by atoms with Crippen molar-refractivity contribution in [3.05, 3.63) is 29.8 Å². The lowest BCUT2D eigenvalue weighted by Crippen LogP contribution is -2.58. The van der Waals surface area contributed by atoms with Gasteiger partial charge in [-0.25, -0.2) is 4.79 Å². The van der Waals surface area contributed by atoms with E-state index in [4.69, 9.17) is 10.5 Å². The van der Waals surface area contributed by atoms with Crippen LogP contribution in [0.15, 0.2) is 24.3 Å². The van der Waals surface area contributed by atoms with Crippen LogP contribution < -0.4 is 10.5 Å². The van der Waals surface area contributed by atoms with Gasteiger partial charge in [0.2, 0.25) is 0 Å². The second-order valence-electron chi connectivity index (χ2n) is 3.85. The molecule has 80 valence electrons. The minimum absolute atomic E-state index is 0.107. The first kappa shape index (κ1) is 9.98. The molecule has 1 aromatic rings. The number of carbonyl (C=O) groups excluding carboxylic acids is 1. The van der Waals surface area contributed by atoms with E-state index in [1.807, 2.05) is 25.1 Å². The van der Waals surface area contributed by atoms with Gasteiger partial charge in [0.1, 0.15) is 5.75 Å². The predicted octanol–water partition coefficient (Wildman–Crippen LogP) is 1.14. The molecule has 1 aliphatic heterocycles. The van der Waals surface area contributed by atoms with Gasteiger partial charge < -0.3 is 15.4 Å². The van der Waals surface area contributed by atoms with Crippen molar-refractivity contribution in [2.75, 3.05) is 13.1 Å². The maximum Gasteiger partial charge on any atom is 0.415 e. The molecule has 0 bridgehead atoms. The number of rotatable bonds is 1. The number of aryl methyl sites for hydroxylation is 1. The summed E-state index contributed by atoms with van der Waals surface area (Å²) in [5, 5.41) is 0. The number of nitrogens with two attached hydrogens (primary N) is 1. The Bertz CT molecular complexity index is 373. The van der Waals surface area contributed by atoms with Gasteiger partial charge in [0.05, 0.1) is 0 Å². The quantitative estimate of drug-likeness (QED) is 0.749. The van der Waals surface area contributed by atoms with Gasteiger partial charge in [0.15, 0.2) is 0 Å². The maximum atomic E-state index is 11.5. The standard InChI is InChI=1S/C11H14N2O2/c1-8-3-2-4-10(5-8)15-11(14)13-6-9(12)7-13/h2-5,9H,6-7,12H2,1H3. The summed E-state index contributed by atoms with van der Waals surface area (Å²) >= 11 is 0. The normalized spacial score (nSPS) is 16.0. The number of hydrogen-bond donors (Lipinski definition) is 1. The van der Waals surface area contributed by atoms with Crippen molar-refractivity contribution in [1.29, 1.82) is 0 Å². The van der Waals surface area contributed by atoms with Gasteiger partial charge in [-0.1, -0.05) is 12.1 Å². The summed E-state index contributed by atoms with van der Waals surface area (Å²) in [6.07, 6.45) is -0.317. The van der Waals surface area contributed by atoms with Crippen molar-refractivity contribution in [1.82, 2.24) is 4.90 Å². The van der Waals surface area contributed by atoms with Crippen LogP contribution >= 0.6 is 0 Å². The van der Waals surface area contributed by atoms with Gasteiger partial charge in [-0.2, -0.15) is 0 Å². The number of hydrogen-bond acceptors (Lipinski definition) is 3. The van der Waals surface area contributed by atoms with Crippen LogP contribution in [0.2, 0.25) is 0 Å². The summed E-state index contributed by atoms with van der Waals surface area (Å²) in [6, 6.07) is 7.52. The molecule has 2 rings (SSSR count). The van der Waals surface area contributed by atoms with E-state index in [1.165, 1.54) is 0 Å². The van der Waals surface area contributed by atoms with E-state index in [-0.39, 0.29) is 12.1 Å². The molecule has 4 heteroatoms. The Balaban J connectivity index is 1.94. The minimum atomic E-state index is -0.317. The van der Waals surface area contributed by atoms with Crippen molar-refractivity contribution in [2.24, 2.45) is 5.73 Å². The molecule has 0 radical (unpaired) electrons. The predicted molar refractivity (Wildman–Crippen MR) is 56.8 cm³/mol. The Morgan fingerprint density at radius 2 is 2.27 bits per heavy atom. The monoisotopic (exact) mass is 206 g/mol. The van der Waals surface area contributed by atoms with Gasteiger partial charge in [-0.3, -0.25) is 0 Å². The third-order valence-corrected chi connectivity index (χ3v) is 2.36. The summed E-state index contributed by atoms with van der Waals surface area (Å²) in [6.45, 7) is 3.13. The van der Waals surface area contributed by atoms with E-state index >= 15 is 0 Å².